The van der Waals surface area contributed by atoms with Gasteiger partial charge >= 0.3 is 5.97 Å². The first-order chi connectivity index (χ1) is 17.0. The maximum absolute atomic E-state index is 12.7. The molecule has 1 amide bonds. The molecule has 0 aliphatic carbocycles. The molecule has 3 aromatic carbocycles. The lowest BCUT2D eigenvalue weighted by Gasteiger charge is -2.11. The van der Waals surface area contributed by atoms with Crippen molar-refractivity contribution >= 4 is 60.1 Å². The monoisotopic (exact) mass is 613 g/mol. The van der Waals surface area contributed by atoms with E-state index in [-0.39, 0.29) is 19.1 Å². The molecular weight excluding hydrogens is 594 g/mol. The van der Waals surface area contributed by atoms with Crippen LogP contribution in [0.1, 0.15) is 17.3 Å². The Kier molecular flexibility index (Phi) is 8.38. The van der Waals surface area contributed by atoms with Crippen LogP contribution in [0.15, 0.2) is 87.1 Å². The fraction of sp³-hybridized carbons (Fsp3) is 0.111. The zero-order chi connectivity index (χ0) is 24.8. The molecule has 0 atom stereocenters. The summed E-state index contributed by atoms with van der Waals surface area (Å²) in [6.45, 7) is 1.77. The Hall–Kier alpha value is -2.94. The predicted octanol–water partition coefficient (Wildman–Crippen LogP) is 7.80. The van der Waals surface area contributed by atoms with Crippen molar-refractivity contribution in [2.45, 2.75) is 6.92 Å². The highest BCUT2D eigenvalue weighted by Gasteiger charge is 2.23. The summed E-state index contributed by atoms with van der Waals surface area (Å²) < 4.78 is 12.7. The number of hydrogen-bond donors (Lipinski definition) is 1. The third-order valence-corrected chi connectivity index (χ3v) is 7.12. The Bertz CT molecular complexity index is 1340. The molecular formula is C27H21Br2NO4S. The van der Waals surface area contributed by atoms with Crippen molar-refractivity contribution in [2.75, 3.05) is 18.5 Å². The fourth-order valence-corrected chi connectivity index (χ4v) is 5.16. The number of carbonyl (C=O) groups excluding carboxylic acids is 2. The van der Waals surface area contributed by atoms with Gasteiger partial charge in [-0.05, 0) is 63.8 Å². The largest absolute Gasteiger partial charge is 0.483 e. The molecule has 0 aliphatic heterocycles. The van der Waals surface area contributed by atoms with Crippen molar-refractivity contribution in [3.05, 3.63) is 92.7 Å². The van der Waals surface area contributed by atoms with Crippen LogP contribution in [0.5, 0.6) is 5.75 Å². The molecule has 1 N–H and O–H groups in total. The molecule has 0 fully saturated rings. The van der Waals surface area contributed by atoms with E-state index in [2.05, 4.69) is 37.2 Å². The number of benzene rings is 3. The van der Waals surface area contributed by atoms with E-state index < -0.39 is 5.97 Å². The summed E-state index contributed by atoms with van der Waals surface area (Å²) in [6, 6.07) is 23.3. The van der Waals surface area contributed by atoms with Crippen LogP contribution in [0.4, 0.5) is 5.00 Å². The van der Waals surface area contributed by atoms with E-state index in [0.29, 0.717) is 21.9 Å². The number of anilines is 1. The quantitative estimate of drug-likeness (QED) is 0.206. The maximum atomic E-state index is 12.7. The molecule has 35 heavy (non-hydrogen) atoms. The molecule has 178 valence electrons. The smallest absolute Gasteiger partial charge is 0.341 e. The van der Waals surface area contributed by atoms with Gasteiger partial charge in [-0.25, -0.2) is 4.79 Å². The predicted molar refractivity (Wildman–Crippen MR) is 147 cm³/mol. The van der Waals surface area contributed by atoms with Crippen LogP contribution in [0.2, 0.25) is 0 Å². The number of hydrogen-bond acceptors (Lipinski definition) is 5. The van der Waals surface area contributed by atoms with Crippen LogP contribution in [0, 0.1) is 0 Å². The lowest BCUT2D eigenvalue weighted by atomic mass is 10.0. The molecule has 1 aromatic heterocycles. The lowest BCUT2D eigenvalue weighted by Crippen LogP contribution is -2.21. The number of amides is 1. The third kappa shape index (κ3) is 6.20. The summed E-state index contributed by atoms with van der Waals surface area (Å²) >= 11 is 8.22. The number of halogens is 2. The number of thiophene rings is 1. The number of nitrogens with one attached hydrogen (secondary N) is 1. The van der Waals surface area contributed by atoms with E-state index in [4.69, 9.17) is 9.47 Å². The minimum absolute atomic E-state index is 0.211. The van der Waals surface area contributed by atoms with E-state index in [9.17, 15) is 9.59 Å². The summed E-state index contributed by atoms with van der Waals surface area (Å²) in [4.78, 5) is 25.4. The average molecular weight is 615 g/mol. The maximum Gasteiger partial charge on any atom is 0.341 e. The molecule has 0 unspecified atom stereocenters. The Labute approximate surface area is 224 Å². The first-order valence-corrected chi connectivity index (χ1v) is 13.2. The number of esters is 1. The molecule has 0 aliphatic rings. The van der Waals surface area contributed by atoms with Gasteiger partial charge in [0.05, 0.1) is 11.1 Å². The Morgan fingerprint density at radius 1 is 0.914 bits per heavy atom. The minimum Gasteiger partial charge on any atom is -0.483 e. The second-order valence-electron chi connectivity index (χ2n) is 7.43. The van der Waals surface area contributed by atoms with Gasteiger partial charge < -0.3 is 14.8 Å². The summed E-state index contributed by atoms with van der Waals surface area (Å²) in [5.41, 5.74) is 4.01. The van der Waals surface area contributed by atoms with Crippen LogP contribution in [-0.2, 0) is 9.53 Å². The van der Waals surface area contributed by atoms with E-state index in [1.807, 2.05) is 78.2 Å². The SMILES string of the molecule is CCOC(=O)c1c(-c2ccc(Br)cc2)csc1NC(=O)COc1ccc(-c2ccccc2)cc1Br. The van der Waals surface area contributed by atoms with Crippen LogP contribution in [0.25, 0.3) is 22.3 Å². The van der Waals surface area contributed by atoms with Gasteiger partial charge in [-0.15, -0.1) is 11.3 Å². The molecule has 8 heteroatoms. The number of rotatable bonds is 8. The molecule has 0 bridgehead atoms. The van der Waals surface area contributed by atoms with Gasteiger partial charge in [0.25, 0.3) is 5.91 Å². The Balaban J connectivity index is 1.48. The second kappa shape index (κ2) is 11.7. The summed E-state index contributed by atoms with van der Waals surface area (Å²) in [7, 11) is 0. The second-order valence-corrected chi connectivity index (χ2v) is 10.1. The van der Waals surface area contributed by atoms with Crippen molar-refractivity contribution in [2.24, 2.45) is 0 Å². The molecule has 0 spiro atoms. The highest BCUT2D eigenvalue weighted by atomic mass is 79.9. The van der Waals surface area contributed by atoms with Gasteiger partial charge in [-0.3, -0.25) is 4.79 Å². The van der Waals surface area contributed by atoms with Gasteiger partial charge in [-0.2, -0.15) is 0 Å². The van der Waals surface area contributed by atoms with Crippen molar-refractivity contribution in [3.63, 3.8) is 0 Å². The molecule has 4 aromatic rings. The van der Waals surface area contributed by atoms with Gasteiger partial charge in [-0.1, -0.05) is 64.5 Å². The molecule has 0 saturated heterocycles. The molecule has 5 nitrogen and oxygen atoms in total. The first kappa shape index (κ1) is 25.2. The van der Waals surface area contributed by atoms with Crippen molar-refractivity contribution < 1.29 is 19.1 Å². The number of carbonyl (C=O) groups is 2. The van der Waals surface area contributed by atoms with Gasteiger partial charge in [0.1, 0.15) is 16.3 Å². The molecule has 0 saturated carbocycles. The Morgan fingerprint density at radius 3 is 2.31 bits per heavy atom. The Morgan fingerprint density at radius 2 is 1.63 bits per heavy atom. The average Bonchev–Trinajstić information content (AvgIpc) is 3.28. The van der Waals surface area contributed by atoms with Gasteiger partial charge in [0.15, 0.2) is 6.61 Å². The van der Waals surface area contributed by atoms with Gasteiger partial charge in [0.2, 0.25) is 0 Å². The number of ether oxygens (including phenoxy) is 2. The van der Waals surface area contributed by atoms with Crippen LogP contribution >= 0.6 is 43.2 Å². The lowest BCUT2D eigenvalue weighted by molar-refractivity contribution is -0.118. The van der Waals surface area contributed by atoms with E-state index >= 15 is 0 Å². The van der Waals surface area contributed by atoms with E-state index in [1.165, 1.54) is 11.3 Å². The van der Waals surface area contributed by atoms with Crippen LogP contribution in [-0.4, -0.2) is 25.1 Å². The van der Waals surface area contributed by atoms with Gasteiger partial charge in [0, 0.05) is 15.4 Å². The minimum atomic E-state index is -0.484. The van der Waals surface area contributed by atoms with Crippen molar-refractivity contribution in [1.29, 1.82) is 0 Å². The fourth-order valence-electron chi connectivity index (χ4n) is 3.43. The molecule has 1 heterocycles. The summed E-state index contributed by atoms with van der Waals surface area (Å²) in [5, 5.41) is 5.07. The van der Waals surface area contributed by atoms with Crippen molar-refractivity contribution in [1.82, 2.24) is 0 Å². The normalized spacial score (nSPS) is 10.6. The summed E-state index contributed by atoms with van der Waals surface area (Å²) in [6.07, 6.45) is 0. The van der Waals surface area contributed by atoms with E-state index in [0.717, 1.165) is 25.6 Å². The molecule has 0 radical (unpaired) electrons. The van der Waals surface area contributed by atoms with Crippen LogP contribution < -0.4 is 10.1 Å². The van der Waals surface area contributed by atoms with Crippen LogP contribution in [0.3, 0.4) is 0 Å². The first-order valence-electron chi connectivity index (χ1n) is 10.8. The highest BCUT2D eigenvalue weighted by molar-refractivity contribution is 9.10. The summed E-state index contributed by atoms with van der Waals surface area (Å²) in [5.74, 6) is -0.312. The highest BCUT2D eigenvalue weighted by Crippen LogP contribution is 2.37. The van der Waals surface area contributed by atoms with Crippen molar-refractivity contribution in [3.8, 4) is 28.0 Å². The van der Waals surface area contributed by atoms with E-state index in [1.54, 1.807) is 6.92 Å². The molecule has 4 rings (SSSR count). The third-order valence-electron chi connectivity index (χ3n) is 5.08. The zero-order valence-corrected chi connectivity index (χ0v) is 22.7. The zero-order valence-electron chi connectivity index (χ0n) is 18.7. The topological polar surface area (TPSA) is 64.6 Å². The standard InChI is InChI=1S/C27H21Br2NO4S/c1-2-33-27(32)25-21(18-8-11-20(28)12-9-18)16-35-26(25)30-24(31)15-34-23-13-10-19(14-22(23)29)17-6-4-3-5-7-17/h3-14,16H,2,15H2,1H3,(H,30,31).